The average molecular weight is 286 g/mol. The van der Waals surface area contributed by atoms with Crippen LogP contribution in [0.4, 0.5) is 5.69 Å². The Hall–Kier alpha value is -1.84. The van der Waals surface area contributed by atoms with E-state index in [1.54, 1.807) is 0 Å². The van der Waals surface area contributed by atoms with Crippen molar-refractivity contribution in [3.63, 3.8) is 0 Å². The number of imide groups is 1. The van der Waals surface area contributed by atoms with Crippen LogP contribution in [0.15, 0.2) is 18.2 Å². The molecule has 1 aliphatic carbocycles. The molecule has 1 saturated carbocycles. The summed E-state index contributed by atoms with van der Waals surface area (Å²) in [6.45, 7) is 4.22. The maximum absolute atomic E-state index is 12.4. The topological polar surface area (TPSA) is 49.4 Å². The van der Waals surface area contributed by atoms with E-state index in [1.807, 2.05) is 0 Å². The Kier molecular flexibility index (Phi) is 3.70. The van der Waals surface area contributed by atoms with Crippen LogP contribution in [-0.4, -0.2) is 28.8 Å². The van der Waals surface area contributed by atoms with E-state index in [-0.39, 0.29) is 24.3 Å². The summed E-state index contributed by atoms with van der Waals surface area (Å²) in [5.41, 5.74) is 3.46. The van der Waals surface area contributed by atoms with Gasteiger partial charge in [-0.3, -0.25) is 14.5 Å². The number of para-hydroxylation sites is 1. The normalized spacial score (nSPS) is 22.0. The van der Waals surface area contributed by atoms with Crippen molar-refractivity contribution < 1.29 is 9.59 Å². The van der Waals surface area contributed by atoms with Crippen molar-refractivity contribution in [3.05, 3.63) is 29.3 Å². The van der Waals surface area contributed by atoms with E-state index in [1.165, 1.54) is 16.0 Å². The van der Waals surface area contributed by atoms with Gasteiger partial charge in [-0.2, -0.15) is 0 Å². The minimum atomic E-state index is -0.393. The minimum Gasteiger partial charge on any atom is -0.373 e. The van der Waals surface area contributed by atoms with Crippen LogP contribution in [-0.2, 0) is 22.4 Å². The maximum atomic E-state index is 12.4. The lowest BCUT2D eigenvalue weighted by Gasteiger charge is -2.19. The SMILES string of the molecule is CCc1cccc(CC)c1NC1CC(=O)N(C2CC2)C1=O. The molecule has 4 nitrogen and oxygen atoms in total. The van der Waals surface area contributed by atoms with Gasteiger partial charge in [-0.1, -0.05) is 32.0 Å². The molecule has 0 bridgehead atoms. The van der Waals surface area contributed by atoms with E-state index in [0.717, 1.165) is 31.4 Å². The number of nitrogens with zero attached hydrogens (tertiary/aromatic N) is 1. The van der Waals surface area contributed by atoms with Gasteiger partial charge in [-0.05, 0) is 36.8 Å². The smallest absolute Gasteiger partial charge is 0.252 e. The zero-order chi connectivity index (χ0) is 15.0. The maximum Gasteiger partial charge on any atom is 0.252 e. The van der Waals surface area contributed by atoms with Crippen LogP contribution in [0.3, 0.4) is 0 Å². The molecule has 1 N–H and O–H groups in total. The molecule has 1 aromatic rings. The number of carbonyl (C=O) groups excluding carboxylic acids is 2. The van der Waals surface area contributed by atoms with Crippen LogP contribution >= 0.6 is 0 Å². The highest BCUT2D eigenvalue weighted by atomic mass is 16.2. The zero-order valence-corrected chi connectivity index (χ0v) is 12.7. The third-order valence-corrected chi connectivity index (χ3v) is 4.41. The van der Waals surface area contributed by atoms with Crippen molar-refractivity contribution in [1.82, 2.24) is 4.90 Å². The van der Waals surface area contributed by atoms with Gasteiger partial charge in [0.05, 0.1) is 6.42 Å². The highest BCUT2D eigenvalue weighted by Crippen LogP contribution is 2.33. The molecule has 1 aliphatic heterocycles. The molecule has 0 aromatic heterocycles. The standard InChI is InChI=1S/C17H22N2O2/c1-3-11-6-5-7-12(4-2)16(11)18-14-10-15(20)19(17(14)21)13-8-9-13/h5-7,13-14,18H,3-4,8-10H2,1-2H3. The number of amides is 2. The summed E-state index contributed by atoms with van der Waals surface area (Å²) in [5.74, 6) is -0.0671. The van der Waals surface area contributed by atoms with Crippen molar-refractivity contribution in [1.29, 1.82) is 0 Å². The largest absolute Gasteiger partial charge is 0.373 e. The van der Waals surface area contributed by atoms with Gasteiger partial charge in [0.1, 0.15) is 6.04 Å². The molecule has 1 atom stereocenters. The predicted octanol–water partition coefficient (Wildman–Crippen LogP) is 2.51. The molecule has 1 unspecified atom stereocenters. The lowest BCUT2D eigenvalue weighted by molar-refractivity contribution is -0.139. The molecule has 2 fully saturated rings. The van der Waals surface area contributed by atoms with Gasteiger partial charge >= 0.3 is 0 Å². The minimum absolute atomic E-state index is 0.0213. The molecule has 3 rings (SSSR count). The van der Waals surface area contributed by atoms with Gasteiger partial charge in [0.25, 0.3) is 5.91 Å². The number of aryl methyl sites for hydroxylation is 2. The Balaban J connectivity index is 1.84. The number of rotatable bonds is 5. The van der Waals surface area contributed by atoms with Crippen LogP contribution < -0.4 is 5.32 Å². The lowest BCUT2D eigenvalue weighted by Crippen LogP contribution is -2.36. The summed E-state index contributed by atoms with van der Waals surface area (Å²) < 4.78 is 0. The first kappa shape index (κ1) is 14.1. The van der Waals surface area contributed by atoms with E-state index in [9.17, 15) is 9.59 Å². The van der Waals surface area contributed by atoms with Crippen molar-refractivity contribution >= 4 is 17.5 Å². The Morgan fingerprint density at radius 3 is 2.29 bits per heavy atom. The van der Waals surface area contributed by atoms with E-state index in [4.69, 9.17) is 0 Å². The van der Waals surface area contributed by atoms with E-state index < -0.39 is 6.04 Å². The molecule has 1 saturated heterocycles. The number of hydrogen-bond acceptors (Lipinski definition) is 3. The summed E-state index contributed by atoms with van der Waals surface area (Å²) in [4.78, 5) is 26.0. The van der Waals surface area contributed by atoms with Gasteiger partial charge in [0, 0.05) is 11.7 Å². The van der Waals surface area contributed by atoms with Crippen molar-refractivity contribution in [3.8, 4) is 0 Å². The molecule has 21 heavy (non-hydrogen) atoms. The summed E-state index contributed by atoms with van der Waals surface area (Å²) in [6.07, 6.45) is 4.05. The van der Waals surface area contributed by atoms with E-state index >= 15 is 0 Å². The molecular weight excluding hydrogens is 264 g/mol. The second-order valence-corrected chi connectivity index (χ2v) is 5.89. The molecule has 1 aromatic carbocycles. The van der Waals surface area contributed by atoms with Crippen LogP contribution in [0.1, 0.15) is 44.2 Å². The van der Waals surface area contributed by atoms with Crippen LogP contribution in [0.25, 0.3) is 0 Å². The Morgan fingerprint density at radius 2 is 1.76 bits per heavy atom. The Labute approximate surface area is 125 Å². The third kappa shape index (κ3) is 2.55. The van der Waals surface area contributed by atoms with Crippen molar-refractivity contribution in [2.75, 3.05) is 5.32 Å². The predicted molar refractivity (Wildman–Crippen MR) is 82.1 cm³/mol. The number of carbonyl (C=O) groups is 2. The molecule has 4 heteroatoms. The quantitative estimate of drug-likeness (QED) is 0.846. The summed E-state index contributed by atoms with van der Waals surface area (Å²) in [7, 11) is 0. The molecule has 2 aliphatic rings. The molecule has 2 amide bonds. The summed E-state index contributed by atoms with van der Waals surface area (Å²) >= 11 is 0. The summed E-state index contributed by atoms with van der Waals surface area (Å²) in [5, 5.41) is 3.36. The van der Waals surface area contributed by atoms with Gasteiger partial charge < -0.3 is 5.32 Å². The third-order valence-electron chi connectivity index (χ3n) is 4.41. The number of likely N-dealkylation sites (tertiary alicyclic amines) is 1. The van der Waals surface area contributed by atoms with E-state index in [2.05, 4.69) is 37.4 Å². The van der Waals surface area contributed by atoms with Crippen LogP contribution in [0.2, 0.25) is 0 Å². The lowest BCUT2D eigenvalue weighted by atomic mass is 10.0. The molecule has 1 heterocycles. The number of anilines is 1. The molecule has 0 radical (unpaired) electrons. The molecule has 0 spiro atoms. The fraction of sp³-hybridized carbons (Fsp3) is 0.529. The first-order chi connectivity index (χ1) is 10.2. The second kappa shape index (κ2) is 5.51. The second-order valence-electron chi connectivity index (χ2n) is 5.89. The summed E-state index contributed by atoms with van der Waals surface area (Å²) in [6, 6.07) is 6.00. The monoisotopic (exact) mass is 286 g/mol. The first-order valence-corrected chi connectivity index (χ1v) is 7.88. The van der Waals surface area contributed by atoms with Crippen molar-refractivity contribution in [2.24, 2.45) is 0 Å². The van der Waals surface area contributed by atoms with Crippen LogP contribution in [0, 0.1) is 0 Å². The highest BCUT2D eigenvalue weighted by molar-refractivity contribution is 6.07. The molecular formula is C17H22N2O2. The van der Waals surface area contributed by atoms with Crippen LogP contribution in [0.5, 0.6) is 0 Å². The Bertz CT molecular complexity index is 556. The molecule has 112 valence electrons. The Morgan fingerprint density at radius 1 is 1.14 bits per heavy atom. The number of hydrogen-bond donors (Lipinski definition) is 1. The average Bonchev–Trinajstić information content (AvgIpc) is 3.27. The fourth-order valence-corrected chi connectivity index (χ4v) is 3.08. The number of nitrogens with one attached hydrogen (secondary N) is 1. The fourth-order valence-electron chi connectivity index (χ4n) is 3.08. The van der Waals surface area contributed by atoms with Gasteiger partial charge in [-0.15, -0.1) is 0 Å². The van der Waals surface area contributed by atoms with Gasteiger partial charge in [0.15, 0.2) is 0 Å². The zero-order valence-electron chi connectivity index (χ0n) is 12.7. The van der Waals surface area contributed by atoms with Gasteiger partial charge in [0.2, 0.25) is 5.91 Å². The highest BCUT2D eigenvalue weighted by Gasteiger charge is 2.46. The van der Waals surface area contributed by atoms with Crippen molar-refractivity contribution in [2.45, 2.75) is 58.0 Å². The van der Waals surface area contributed by atoms with E-state index in [0.29, 0.717) is 0 Å². The number of benzene rings is 1. The first-order valence-electron chi connectivity index (χ1n) is 7.88. The van der Waals surface area contributed by atoms with Gasteiger partial charge in [-0.25, -0.2) is 0 Å².